The van der Waals surface area contributed by atoms with Gasteiger partial charge in [0.15, 0.2) is 0 Å². The first kappa shape index (κ1) is 12.8. The first-order chi connectivity index (χ1) is 8.09. The summed E-state index contributed by atoms with van der Waals surface area (Å²) in [6.07, 6.45) is 3.47. The summed E-state index contributed by atoms with van der Waals surface area (Å²) < 4.78 is 5.65. The first-order valence-corrected chi connectivity index (χ1v) is 6.77. The minimum atomic E-state index is -0.00315. The van der Waals surface area contributed by atoms with Crippen molar-refractivity contribution in [2.24, 2.45) is 0 Å². The van der Waals surface area contributed by atoms with Crippen LogP contribution in [0, 0.1) is 0 Å². The van der Waals surface area contributed by atoms with Gasteiger partial charge in [0.05, 0.1) is 12.1 Å². The zero-order valence-corrected chi connectivity index (χ0v) is 11.1. The number of rotatable bonds is 4. The average molecular weight is 240 g/mol. The molecule has 0 bridgehead atoms. The summed E-state index contributed by atoms with van der Waals surface area (Å²) in [5.41, 5.74) is 0. The fraction of sp³-hybridized carbons (Fsp3) is 0.923. The number of carbonyl (C=O) groups excluding carboxylic acids is 1. The van der Waals surface area contributed by atoms with Gasteiger partial charge in [0.2, 0.25) is 5.91 Å². The number of nitrogens with zero attached hydrogens (tertiary/aromatic N) is 1. The highest BCUT2D eigenvalue weighted by Gasteiger charge is 2.35. The molecule has 2 aliphatic heterocycles. The molecule has 4 heteroatoms. The number of ether oxygens (including phenoxy) is 1. The molecule has 0 aromatic heterocycles. The van der Waals surface area contributed by atoms with Crippen LogP contribution < -0.4 is 5.32 Å². The molecule has 0 unspecified atom stereocenters. The van der Waals surface area contributed by atoms with Crippen molar-refractivity contribution >= 4 is 5.91 Å². The smallest absolute Gasteiger partial charge is 0.240 e. The monoisotopic (exact) mass is 240 g/mol. The van der Waals surface area contributed by atoms with Gasteiger partial charge in [0, 0.05) is 25.2 Å². The van der Waals surface area contributed by atoms with E-state index >= 15 is 0 Å². The van der Waals surface area contributed by atoms with Crippen LogP contribution in [0.3, 0.4) is 0 Å². The number of hydrogen-bond acceptors (Lipinski definition) is 3. The Bertz CT molecular complexity index is 275. The van der Waals surface area contributed by atoms with Crippen LogP contribution in [-0.4, -0.2) is 48.2 Å². The van der Waals surface area contributed by atoms with Crippen LogP contribution in [0.15, 0.2) is 0 Å². The minimum Gasteiger partial charge on any atom is -0.377 e. The number of carbonyl (C=O) groups is 1. The van der Waals surface area contributed by atoms with E-state index in [1.807, 2.05) is 4.90 Å². The lowest BCUT2D eigenvalue weighted by Crippen LogP contribution is -2.47. The molecular formula is C13H24N2O2. The molecule has 3 atom stereocenters. The molecule has 0 saturated carbocycles. The lowest BCUT2D eigenvalue weighted by molar-refractivity contribution is -0.131. The second-order valence-electron chi connectivity index (χ2n) is 5.47. The Morgan fingerprint density at radius 1 is 1.35 bits per heavy atom. The largest absolute Gasteiger partial charge is 0.377 e. The van der Waals surface area contributed by atoms with Gasteiger partial charge in [0.1, 0.15) is 0 Å². The van der Waals surface area contributed by atoms with E-state index in [0.717, 1.165) is 32.4 Å². The van der Waals surface area contributed by atoms with E-state index in [1.165, 1.54) is 0 Å². The van der Waals surface area contributed by atoms with Crippen LogP contribution in [0.2, 0.25) is 0 Å². The molecule has 2 rings (SSSR count). The lowest BCUT2D eigenvalue weighted by Gasteiger charge is -2.25. The third-order valence-corrected chi connectivity index (χ3v) is 3.85. The zero-order chi connectivity index (χ0) is 12.4. The van der Waals surface area contributed by atoms with Gasteiger partial charge in [0.25, 0.3) is 0 Å². The molecule has 0 aliphatic carbocycles. The van der Waals surface area contributed by atoms with Crippen LogP contribution in [0.1, 0.15) is 40.0 Å². The van der Waals surface area contributed by atoms with Gasteiger partial charge in [-0.3, -0.25) is 4.79 Å². The third-order valence-electron chi connectivity index (χ3n) is 3.85. The fourth-order valence-electron chi connectivity index (χ4n) is 2.79. The average Bonchev–Trinajstić information content (AvgIpc) is 2.89. The van der Waals surface area contributed by atoms with E-state index in [0.29, 0.717) is 6.04 Å². The molecule has 0 radical (unpaired) electrons. The summed E-state index contributed by atoms with van der Waals surface area (Å²) >= 11 is 0. The maximum absolute atomic E-state index is 12.1. The second kappa shape index (κ2) is 5.36. The van der Waals surface area contributed by atoms with Gasteiger partial charge in [-0.1, -0.05) is 0 Å². The zero-order valence-electron chi connectivity index (χ0n) is 11.1. The van der Waals surface area contributed by atoms with Gasteiger partial charge in [-0.05, 0) is 40.0 Å². The van der Waals surface area contributed by atoms with Crippen molar-refractivity contribution in [3.8, 4) is 0 Å². The van der Waals surface area contributed by atoms with E-state index in [9.17, 15) is 4.79 Å². The van der Waals surface area contributed by atoms with Gasteiger partial charge >= 0.3 is 0 Å². The Morgan fingerprint density at radius 3 is 2.65 bits per heavy atom. The van der Waals surface area contributed by atoms with Gasteiger partial charge in [-0.25, -0.2) is 0 Å². The van der Waals surface area contributed by atoms with E-state index in [4.69, 9.17) is 4.74 Å². The van der Waals surface area contributed by atoms with E-state index in [2.05, 4.69) is 26.1 Å². The minimum absolute atomic E-state index is 0.00315. The van der Waals surface area contributed by atoms with Crippen molar-refractivity contribution in [3.63, 3.8) is 0 Å². The lowest BCUT2D eigenvalue weighted by atomic mass is 10.1. The van der Waals surface area contributed by atoms with Crippen LogP contribution in [0.5, 0.6) is 0 Å². The summed E-state index contributed by atoms with van der Waals surface area (Å²) in [7, 11) is 0. The predicted octanol–water partition coefficient (Wildman–Crippen LogP) is 1.15. The van der Waals surface area contributed by atoms with E-state index in [-0.39, 0.29) is 24.1 Å². The molecule has 0 aromatic rings. The van der Waals surface area contributed by atoms with Crippen LogP contribution in [-0.2, 0) is 9.53 Å². The molecule has 2 fully saturated rings. The van der Waals surface area contributed by atoms with E-state index in [1.54, 1.807) is 0 Å². The van der Waals surface area contributed by atoms with Gasteiger partial charge in [-0.15, -0.1) is 0 Å². The van der Waals surface area contributed by atoms with E-state index < -0.39 is 0 Å². The number of likely N-dealkylation sites (tertiary alicyclic amines) is 1. The highest BCUT2D eigenvalue weighted by molar-refractivity contribution is 5.84. The molecule has 0 aromatic carbocycles. The molecule has 2 saturated heterocycles. The summed E-state index contributed by atoms with van der Waals surface area (Å²) in [6.45, 7) is 8.02. The maximum Gasteiger partial charge on any atom is 0.240 e. The first-order valence-electron chi connectivity index (χ1n) is 6.77. The SMILES string of the molecule is CC(C)N1CC[C@H](N[C@@H](C)[C@H]2CCCO2)C1=O. The summed E-state index contributed by atoms with van der Waals surface area (Å²) in [5.74, 6) is 0.254. The standard InChI is InChI=1S/C13H24N2O2/c1-9(2)15-7-6-11(13(15)16)14-10(3)12-5-4-8-17-12/h9-12,14H,4-8H2,1-3H3/t10-,11-,12+/m0/s1. The van der Waals surface area contributed by atoms with Crippen molar-refractivity contribution in [3.05, 3.63) is 0 Å². The Morgan fingerprint density at radius 2 is 2.12 bits per heavy atom. The van der Waals surface area contributed by atoms with Crippen molar-refractivity contribution in [1.29, 1.82) is 0 Å². The van der Waals surface area contributed by atoms with Gasteiger partial charge < -0.3 is 15.0 Å². The maximum atomic E-state index is 12.1. The second-order valence-corrected chi connectivity index (χ2v) is 5.47. The van der Waals surface area contributed by atoms with Crippen molar-refractivity contribution in [2.75, 3.05) is 13.2 Å². The third kappa shape index (κ3) is 2.80. The molecule has 1 amide bonds. The highest BCUT2D eigenvalue weighted by Crippen LogP contribution is 2.19. The highest BCUT2D eigenvalue weighted by atomic mass is 16.5. The topological polar surface area (TPSA) is 41.6 Å². The molecule has 98 valence electrons. The molecule has 0 spiro atoms. The Labute approximate surface area is 104 Å². The number of hydrogen-bond donors (Lipinski definition) is 1. The molecule has 2 heterocycles. The number of amides is 1. The van der Waals surface area contributed by atoms with Crippen LogP contribution in [0.4, 0.5) is 0 Å². The van der Waals surface area contributed by atoms with Crippen molar-refractivity contribution < 1.29 is 9.53 Å². The molecule has 4 nitrogen and oxygen atoms in total. The predicted molar refractivity (Wildman–Crippen MR) is 66.8 cm³/mol. The van der Waals surface area contributed by atoms with Crippen LogP contribution >= 0.6 is 0 Å². The Hall–Kier alpha value is -0.610. The fourth-order valence-corrected chi connectivity index (χ4v) is 2.79. The van der Waals surface area contributed by atoms with Gasteiger partial charge in [-0.2, -0.15) is 0 Å². The van der Waals surface area contributed by atoms with Crippen LogP contribution in [0.25, 0.3) is 0 Å². The Balaban J connectivity index is 1.85. The number of nitrogens with one attached hydrogen (secondary N) is 1. The molecule has 17 heavy (non-hydrogen) atoms. The summed E-state index contributed by atoms with van der Waals surface area (Å²) in [6, 6.07) is 0.586. The molecular weight excluding hydrogens is 216 g/mol. The van der Waals surface area contributed by atoms with Crippen molar-refractivity contribution in [1.82, 2.24) is 10.2 Å². The summed E-state index contributed by atoms with van der Waals surface area (Å²) in [5, 5.41) is 3.44. The van der Waals surface area contributed by atoms with Crippen molar-refractivity contribution in [2.45, 2.75) is 64.3 Å². The Kier molecular flexibility index (Phi) is 4.05. The normalized spacial score (nSPS) is 31.5. The molecule has 2 aliphatic rings. The molecule has 1 N–H and O–H groups in total. The summed E-state index contributed by atoms with van der Waals surface area (Å²) in [4.78, 5) is 14.1. The quantitative estimate of drug-likeness (QED) is 0.801.